The summed E-state index contributed by atoms with van der Waals surface area (Å²) in [5.41, 5.74) is 0. The largest absolute Gasteiger partial charge is 0.355 e. The molecule has 132 valence electrons. The number of rotatable bonds is 7. The lowest BCUT2D eigenvalue weighted by Gasteiger charge is -2.29. The Morgan fingerprint density at radius 2 is 2.04 bits per heavy atom. The molecule has 0 aliphatic carbocycles. The van der Waals surface area contributed by atoms with Crippen LogP contribution < -0.4 is 20.1 Å². The van der Waals surface area contributed by atoms with E-state index in [0.29, 0.717) is 19.6 Å². The third kappa shape index (κ3) is 5.19. The molecule has 1 fully saturated rings. The molecule has 7 nitrogen and oxygen atoms in total. The zero-order valence-corrected chi connectivity index (χ0v) is 14.7. The summed E-state index contributed by atoms with van der Waals surface area (Å²) in [6.07, 6.45) is 1.93. The number of pyridine rings is 1. The van der Waals surface area contributed by atoms with E-state index in [2.05, 4.69) is 21.3 Å². The van der Waals surface area contributed by atoms with E-state index in [1.165, 1.54) is 4.90 Å². The molecule has 1 aliphatic rings. The first kappa shape index (κ1) is 18.2. The number of piperazine rings is 1. The standard InChI is InChI=1S/C17H27N5O2/c1-3-18-16(23)13-21(4-2)17(24)14-20-9-11-22(12-10-20)15-7-5-6-8-19-15/h5-8H,3-4,9-14H2,1-2H3,(H,18,23)/p+2. The van der Waals surface area contributed by atoms with Crippen molar-refractivity contribution >= 4 is 17.6 Å². The third-order valence-electron chi connectivity index (χ3n) is 4.35. The fourth-order valence-electron chi connectivity index (χ4n) is 2.95. The third-order valence-corrected chi connectivity index (χ3v) is 4.35. The van der Waals surface area contributed by atoms with Crippen LogP contribution in [0.5, 0.6) is 0 Å². The monoisotopic (exact) mass is 335 g/mol. The van der Waals surface area contributed by atoms with Crippen LogP contribution in [-0.2, 0) is 9.59 Å². The first-order valence-corrected chi connectivity index (χ1v) is 8.73. The predicted molar refractivity (Wildman–Crippen MR) is 91.7 cm³/mol. The van der Waals surface area contributed by atoms with Gasteiger partial charge >= 0.3 is 0 Å². The van der Waals surface area contributed by atoms with Crippen LogP contribution >= 0.6 is 0 Å². The lowest BCUT2D eigenvalue weighted by atomic mass is 10.3. The summed E-state index contributed by atoms with van der Waals surface area (Å²) in [6, 6.07) is 6.06. The first-order valence-electron chi connectivity index (χ1n) is 8.73. The number of likely N-dealkylation sites (N-methyl/N-ethyl adjacent to an activating group) is 2. The van der Waals surface area contributed by atoms with E-state index in [0.717, 1.165) is 32.0 Å². The number of carbonyl (C=O) groups excluding carboxylic acids is 2. The maximum atomic E-state index is 12.4. The van der Waals surface area contributed by atoms with Gasteiger partial charge in [-0.05, 0) is 19.9 Å². The molecule has 1 aromatic heterocycles. The molecule has 7 heteroatoms. The number of amides is 2. The number of H-pyrrole nitrogens is 1. The Hall–Kier alpha value is -2.15. The van der Waals surface area contributed by atoms with Crippen LogP contribution in [0.3, 0.4) is 0 Å². The lowest BCUT2D eigenvalue weighted by molar-refractivity contribution is -0.892. The smallest absolute Gasteiger partial charge is 0.278 e. The Morgan fingerprint density at radius 3 is 2.62 bits per heavy atom. The van der Waals surface area contributed by atoms with Crippen molar-refractivity contribution in [3.05, 3.63) is 24.4 Å². The Labute approximate surface area is 143 Å². The highest BCUT2D eigenvalue weighted by Crippen LogP contribution is 2.04. The van der Waals surface area contributed by atoms with Crippen molar-refractivity contribution in [3.8, 4) is 0 Å². The minimum absolute atomic E-state index is 0.0541. The minimum atomic E-state index is -0.0906. The molecule has 3 N–H and O–H groups in total. The summed E-state index contributed by atoms with van der Waals surface area (Å²) >= 11 is 0. The second-order valence-electron chi connectivity index (χ2n) is 6.02. The van der Waals surface area contributed by atoms with Gasteiger partial charge in [-0.2, -0.15) is 0 Å². The average Bonchev–Trinajstić information content (AvgIpc) is 2.61. The highest BCUT2D eigenvalue weighted by molar-refractivity contribution is 5.85. The molecule has 2 rings (SSSR count). The molecular formula is C17H29N5O2+2. The van der Waals surface area contributed by atoms with Gasteiger partial charge in [-0.1, -0.05) is 6.07 Å². The molecule has 1 saturated heterocycles. The van der Waals surface area contributed by atoms with E-state index in [1.807, 2.05) is 32.2 Å². The summed E-state index contributed by atoms with van der Waals surface area (Å²) in [5.74, 6) is 1.08. The number of aromatic amines is 1. The molecule has 0 aromatic carbocycles. The summed E-state index contributed by atoms with van der Waals surface area (Å²) < 4.78 is 0. The normalized spacial score (nSPS) is 15.2. The molecule has 24 heavy (non-hydrogen) atoms. The molecule has 1 aliphatic heterocycles. The first-order chi connectivity index (χ1) is 11.6. The van der Waals surface area contributed by atoms with Gasteiger partial charge in [0, 0.05) is 19.2 Å². The van der Waals surface area contributed by atoms with Crippen molar-refractivity contribution in [2.75, 3.05) is 57.3 Å². The van der Waals surface area contributed by atoms with Crippen LogP contribution in [0.1, 0.15) is 13.8 Å². The van der Waals surface area contributed by atoms with Crippen molar-refractivity contribution in [2.45, 2.75) is 13.8 Å². The summed E-state index contributed by atoms with van der Waals surface area (Å²) in [6.45, 7) is 9.25. The average molecular weight is 335 g/mol. The van der Waals surface area contributed by atoms with Gasteiger partial charge in [-0.3, -0.25) is 14.5 Å². The minimum Gasteiger partial charge on any atom is -0.355 e. The van der Waals surface area contributed by atoms with Gasteiger partial charge in [0.05, 0.1) is 12.7 Å². The van der Waals surface area contributed by atoms with Crippen LogP contribution in [0.25, 0.3) is 0 Å². The molecule has 2 heterocycles. The summed E-state index contributed by atoms with van der Waals surface area (Å²) in [4.78, 5) is 32.6. The van der Waals surface area contributed by atoms with Gasteiger partial charge < -0.3 is 15.1 Å². The van der Waals surface area contributed by atoms with Gasteiger partial charge in [-0.15, -0.1) is 0 Å². The van der Waals surface area contributed by atoms with E-state index in [-0.39, 0.29) is 18.4 Å². The zero-order chi connectivity index (χ0) is 17.4. The highest BCUT2D eigenvalue weighted by atomic mass is 16.2. The van der Waals surface area contributed by atoms with Crippen LogP contribution in [0, 0.1) is 0 Å². The quantitative estimate of drug-likeness (QED) is 0.617. The lowest BCUT2D eigenvalue weighted by Crippen LogP contribution is -3.16. The zero-order valence-electron chi connectivity index (χ0n) is 14.7. The second-order valence-corrected chi connectivity index (χ2v) is 6.02. The fourth-order valence-corrected chi connectivity index (χ4v) is 2.95. The van der Waals surface area contributed by atoms with Crippen molar-refractivity contribution in [1.82, 2.24) is 10.2 Å². The predicted octanol–water partition coefficient (Wildman–Crippen LogP) is -1.81. The Kier molecular flexibility index (Phi) is 6.99. The van der Waals surface area contributed by atoms with Gasteiger partial charge in [0.2, 0.25) is 5.91 Å². The Morgan fingerprint density at radius 1 is 1.29 bits per heavy atom. The van der Waals surface area contributed by atoms with E-state index < -0.39 is 0 Å². The van der Waals surface area contributed by atoms with Gasteiger partial charge in [0.25, 0.3) is 11.7 Å². The van der Waals surface area contributed by atoms with Crippen LogP contribution in [-0.4, -0.2) is 69.1 Å². The van der Waals surface area contributed by atoms with E-state index in [4.69, 9.17) is 0 Å². The fraction of sp³-hybridized carbons (Fsp3) is 0.588. The van der Waals surface area contributed by atoms with Crippen LogP contribution in [0.4, 0.5) is 5.82 Å². The summed E-state index contributed by atoms with van der Waals surface area (Å²) in [7, 11) is 0. The number of nitrogens with one attached hydrogen (secondary N) is 3. The van der Waals surface area contributed by atoms with Crippen molar-refractivity contribution in [2.24, 2.45) is 0 Å². The molecule has 0 bridgehead atoms. The number of hydrogen-bond acceptors (Lipinski definition) is 3. The van der Waals surface area contributed by atoms with Crippen molar-refractivity contribution in [1.29, 1.82) is 0 Å². The molecule has 0 spiro atoms. The van der Waals surface area contributed by atoms with E-state index >= 15 is 0 Å². The molecule has 0 saturated carbocycles. The molecule has 0 radical (unpaired) electrons. The van der Waals surface area contributed by atoms with Crippen molar-refractivity contribution in [3.63, 3.8) is 0 Å². The van der Waals surface area contributed by atoms with Crippen LogP contribution in [0.2, 0.25) is 0 Å². The number of anilines is 1. The van der Waals surface area contributed by atoms with Crippen molar-refractivity contribution < 1.29 is 19.5 Å². The summed E-state index contributed by atoms with van der Waals surface area (Å²) in [5, 5.41) is 2.74. The SMILES string of the molecule is CCNC(=O)CN(CC)C(=O)C[NH+]1CCN(c2cccc[nH+]2)CC1. The molecule has 1 aromatic rings. The maximum Gasteiger partial charge on any atom is 0.278 e. The van der Waals surface area contributed by atoms with Crippen LogP contribution in [0.15, 0.2) is 24.4 Å². The van der Waals surface area contributed by atoms with Gasteiger partial charge in [0.15, 0.2) is 6.54 Å². The molecule has 0 unspecified atom stereocenters. The highest BCUT2D eigenvalue weighted by Gasteiger charge is 2.28. The number of nitrogens with zero attached hydrogens (tertiary/aromatic N) is 2. The van der Waals surface area contributed by atoms with E-state index in [1.54, 1.807) is 4.90 Å². The van der Waals surface area contributed by atoms with E-state index in [9.17, 15) is 9.59 Å². The number of hydrogen-bond donors (Lipinski definition) is 2. The van der Waals surface area contributed by atoms with Gasteiger partial charge in [-0.25, -0.2) is 4.98 Å². The molecule has 0 atom stereocenters. The van der Waals surface area contributed by atoms with Gasteiger partial charge in [0.1, 0.15) is 26.2 Å². The Balaban J connectivity index is 1.79. The molecular weight excluding hydrogens is 306 g/mol. The maximum absolute atomic E-state index is 12.4. The Bertz CT molecular complexity index is 529. The number of aromatic nitrogens is 1. The number of quaternary nitrogens is 1. The molecule has 2 amide bonds. The second kappa shape index (κ2) is 9.22. The number of carbonyl (C=O) groups is 2. The topological polar surface area (TPSA) is 71.2 Å².